The van der Waals surface area contributed by atoms with Gasteiger partial charge in [0.1, 0.15) is 5.75 Å². The maximum Gasteiger partial charge on any atom is 0.268 e. The van der Waals surface area contributed by atoms with Crippen LogP contribution in [-0.4, -0.2) is 13.0 Å². The minimum atomic E-state index is -0.535. The average molecular weight is 337 g/mol. The number of carbonyl (C=O) groups is 1. The molecule has 0 heterocycles. The molecule has 1 N–H and O–H groups in total. The molecule has 0 atom stereocenters. The Morgan fingerprint density at radius 3 is 2.87 bits per heavy atom. The second-order valence-electron chi connectivity index (χ2n) is 2.53. The summed E-state index contributed by atoms with van der Waals surface area (Å²) in [4.78, 5) is 11.4. The van der Waals surface area contributed by atoms with Gasteiger partial charge in [0.2, 0.25) is 0 Å². The van der Waals surface area contributed by atoms with E-state index in [1.807, 2.05) is 27.9 Å². The summed E-state index contributed by atoms with van der Waals surface area (Å²) in [6, 6.07) is 3.10. The Morgan fingerprint density at radius 1 is 1.67 bits per heavy atom. The number of carbonyl (C=O) groups excluding carboxylic acids is 1. The van der Waals surface area contributed by atoms with E-state index in [-0.39, 0.29) is 5.56 Å². The van der Waals surface area contributed by atoms with E-state index >= 15 is 0 Å². The van der Waals surface area contributed by atoms with E-state index in [2.05, 4.69) is 0 Å². The van der Waals surface area contributed by atoms with Crippen LogP contribution in [0.15, 0.2) is 12.1 Å². The summed E-state index contributed by atoms with van der Waals surface area (Å²) in [7, 11) is 1.45. The molecule has 0 spiro atoms. The van der Waals surface area contributed by atoms with Gasteiger partial charge in [0, 0.05) is 3.57 Å². The number of amides is 1. The summed E-state index contributed by atoms with van der Waals surface area (Å²) in [5, 5.41) is 10.8. The monoisotopic (exact) mass is 336 g/mol. The SMILES string of the molecule is COc1cc(I)c(Cl)cc1C(=O)NC#N. The van der Waals surface area contributed by atoms with Gasteiger partial charge >= 0.3 is 0 Å². The predicted molar refractivity (Wildman–Crippen MR) is 63.8 cm³/mol. The number of benzene rings is 1. The van der Waals surface area contributed by atoms with Gasteiger partial charge in [0.05, 0.1) is 17.7 Å². The van der Waals surface area contributed by atoms with Crippen LogP contribution in [0, 0.1) is 15.0 Å². The molecule has 0 unspecified atom stereocenters. The molecule has 1 rings (SSSR count). The lowest BCUT2D eigenvalue weighted by molar-refractivity contribution is 0.0970. The van der Waals surface area contributed by atoms with Crippen molar-refractivity contribution in [2.75, 3.05) is 7.11 Å². The highest BCUT2D eigenvalue weighted by Crippen LogP contribution is 2.27. The Morgan fingerprint density at radius 2 is 2.33 bits per heavy atom. The van der Waals surface area contributed by atoms with Crippen molar-refractivity contribution >= 4 is 40.1 Å². The first-order valence-corrected chi connectivity index (χ1v) is 5.28. The van der Waals surface area contributed by atoms with Crippen LogP contribution >= 0.6 is 34.2 Å². The Balaban J connectivity index is 3.22. The number of hydrogen-bond donors (Lipinski definition) is 1. The third-order valence-electron chi connectivity index (χ3n) is 1.66. The third-order valence-corrected chi connectivity index (χ3v) is 3.18. The molecule has 0 saturated heterocycles. The number of nitrogens with zero attached hydrogens (tertiary/aromatic N) is 1. The lowest BCUT2D eigenvalue weighted by atomic mass is 10.2. The Labute approximate surface area is 105 Å². The third kappa shape index (κ3) is 2.73. The number of nitriles is 1. The molecule has 4 nitrogen and oxygen atoms in total. The van der Waals surface area contributed by atoms with Crippen molar-refractivity contribution in [3.05, 3.63) is 26.3 Å². The minimum Gasteiger partial charge on any atom is -0.496 e. The fourth-order valence-corrected chi connectivity index (χ4v) is 1.60. The first kappa shape index (κ1) is 12.1. The molecule has 15 heavy (non-hydrogen) atoms. The van der Waals surface area contributed by atoms with Crippen LogP contribution in [0.1, 0.15) is 10.4 Å². The van der Waals surface area contributed by atoms with Crippen LogP contribution < -0.4 is 10.1 Å². The van der Waals surface area contributed by atoms with Crippen molar-refractivity contribution in [2.24, 2.45) is 0 Å². The molecule has 0 aromatic heterocycles. The molecular weight excluding hydrogens is 330 g/mol. The standard InChI is InChI=1S/C9H6ClIN2O2/c1-15-8-3-7(11)6(10)2-5(8)9(14)13-4-12/h2-3H,1H3,(H,13,14). The lowest BCUT2D eigenvalue weighted by Crippen LogP contribution is -2.18. The van der Waals surface area contributed by atoms with Gasteiger partial charge in [-0.25, -0.2) is 0 Å². The maximum atomic E-state index is 11.4. The molecule has 0 radical (unpaired) electrons. The number of hydrogen-bond acceptors (Lipinski definition) is 3. The van der Waals surface area contributed by atoms with E-state index in [4.69, 9.17) is 21.6 Å². The molecule has 0 aliphatic rings. The molecule has 1 amide bonds. The van der Waals surface area contributed by atoms with Gasteiger partial charge in [0.15, 0.2) is 6.19 Å². The molecule has 0 bridgehead atoms. The Kier molecular flexibility index (Phi) is 4.17. The zero-order valence-electron chi connectivity index (χ0n) is 7.67. The van der Waals surface area contributed by atoms with Crippen LogP contribution in [0.25, 0.3) is 0 Å². The van der Waals surface area contributed by atoms with E-state index in [1.54, 1.807) is 12.3 Å². The van der Waals surface area contributed by atoms with Crippen LogP contribution in [0.5, 0.6) is 5.75 Å². The largest absolute Gasteiger partial charge is 0.496 e. The van der Waals surface area contributed by atoms with Gasteiger partial charge in [-0.3, -0.25) is 10.1 Å². The van der Waals surface area contributed by atoms with Crippen molar-refractivity contribution in [3.63, 3.8) is 0 Å². The van der Waals surface area contributed by atoms with Crippen LogP contribution in [0.4, 0.5) is 0 Å². The van der Waals surface area contributed by atoms with E-state index in [0.717, 1.165) is 3.57 Å². The first-order valence-electron chi connectivity index (χ1n) is 3.82. The van der Waals surface area contributed by atoms with Crippen molar-refractivity contribution < 1.29 is 9.53 Å². The minimum absolute atomic E-state index is 0.240. The highest BCUT2D eigenvalue weighted by molar-refractivity contribution is 14.1. The van der Waals surface area contributed by atoms with Gasteiger partial charge in [-0.1, -0.05) is 11.6 Å². The fourth-order valence-electron chi connectivity index (χ4n) is 0.993. The summed E-state index contributed by atoms with van der Waals surface area (Å²) in [5.74, 6) is -0.149. The smallest absolute Gasteiger partial charge is 0.268 e. The molecule has 0 saturated carbocycles. The van der Waals surface area contributed by atoms with Gasteiger partial charge in [-0.2, -0.15) is 5.26 Å². The fraction of sp³-hybridized carbons (Fsp3) is 0.111. The zero-order chi connectivity index (χ0) is 11.4. The Bertz CT molecular complexity index is 442. The number of ether oxygens (including phenoxy) is 1. The van der Waals surface area contributed by atoms with Crippen LogP contribution in [-0.2, 0) is 0 Å². The zero-order valence-corrected chi connectivity index (χ0v) is 10.6. The summed E-state index contributed by atoms with van der Waals surface area (Å²) in [6.07, 6.45) is 1.55. The maximum absolute atomic E-state index is 11.4. The highest BCUT2D eigenvalue weighted by atomic mass is 127. The van der Waals surface area contributed by atoms with E-state index in [9.17, 15) is 4.79 Å². The predicted octanol–water partition coefficient (Wildman–Crippen LogP) is 2.16. The lowest BCUT2D eigenvalue weighted by Gasteiger charge is -2.07. The molecule has 1 aromatic carbocycles. The summed E-state index contributed by atoms with van der Waals surface area (Å²) < 4.78 is 5.79. The number of halogens is 2. The average Bonchev–Trinajstić information content (AvgIpc) is 2.21. The summed E-state index contributed by atoms with van der Waals surface area (Å²) in [5.41, 5.74) is 0.240. The molecule has 0 aliphatic carbocycles. The molecule has 78 valence electrons. The number of nitrogens with one attached hydrogen (secondary N) is 1. The van der Waals surface area contributed by atoms with Gasteiger partial charge < -0.3 is 4.74 Å². The first-order chi connectivity index (χ1) is 7.10. The summed E-state index contributed by atoms with van der Waals surface area (Å²) >= 11 is 7.89. The highest BCUT2D eigenvalue weighted by Gasteiger charge is 2.14. The van der Waals surface area contributed by atoms with Crippen molar-refractivity contribution in [1.82, 2.24) is 5.32 Å². The van der Waals surface area contributed by atoms with Crippen molar-refractivity contribution in [2.45, 2.75) is 0 Å². The molecule has 1 aromatic rings. The topological polar surface area (TPSA) is 62.1 Å². The quantitative estimate of drug-likeness (QED) is 0.511. The molecule has 6 heteroatoms. The summed E-state index contributed by atoms with van der Waals surface area (Å²) in [6.45, 7) is 0. The van der Waals surface area contributed by atoms with Gasteiger partial charge in [0.25, 0.3) is 5.91 Å². The molecule has 0 aliphatic heterocycles. The molecule has 0 fully saturated rings. The van der Waals surface area contributed by atoms with Crippen molar-refractivity contribution in [1.29, 1.82) is 5.26 Å². The molecular formula is C9H6ClIN2O2. The van der Waals surface area contributed by atoms with Crippen LogP contribution in [0.2, 0.25) is 5.02 Å². The number of methoxy groups -OCH3 is 1. The second-order valence-corrected chi connectivity index (χ2v) is 4.10. The van der Waals surface area contributed by atoms with E-state index in [0.29, 0.717) is 10.8 Å². The normalized spacial score (nSPS) is 9.20. The van der Waals surface area contributed by atoms with E-state index < -0.39 is 5.91 Å². The van der Waals surface area contributed by atoms with Gasteiger partial charge in [-0.05, 0) is 34.7 Å². The van der Waals surface area contributed by atoms with E-state index in [1.165, 1.54) is 13.2 Å². The number of rotatable bonds is 2. The van der Waals surface area contributed by atoms with Gasteiger partial charge in [-0.15, -0.1) is 0 Å². The van der Waals surface area contributed by atoms with Crippen molar-refractivity contribution in [3.8, 4) is 11.9 Å². The van der Waals surface area contributed by atoms with Crippen LogP contribution in [0.3, 0.4) is 0 Å². The Hall–Kier alpha value is -1.00. The second kappa shape index (κ2) is 5.19.